The van der Waals surface area contributed by atoms with Crippen LogP contribution in [0, 0.1) is 5.92 Å². The largest absolute Gasteiger partial charge is 0.504 e. The molecule has 11 heteroatoms. The highest BCUT2D eigenvalue weighted by molar-refractivity contribution is 8.00. The molecule has 3 atom stereocenters. The van der Waals surface area contributed by atoms with Crippen LogP contribution in [0.3, 0.4) is 0 Å². The fourth-order valence-corrected chi connectivity index (χ4v) is 7.14. The van der Waals surface area contributed by atoms with E-state index in [-0.39, 0.29) is 28.8 Å². The zero-order chi connectivity index (χ0) is 24.7. The maximum Gasteiger partial charge on any atom is 0.308 e. The maximum absolute atomic E-state index is 13.0. The van der Waals surface area contributed by atoms with Crippen LogP contribution in [0.5, 0.6) is 11.5 Å². The molecule has 3 N–H and O–H groups in total. The highest BCUT2D eigenvalue weighted by Crippen LogP contribution is 2.52. The van der Waals surface area contributed by atoms with Crippen molar-refractivity contribution in [3.8, 4) is 11.5 Å². The fourth-order valence-electron chi connectivity index (χ4n) is 4.40. The molecule has 1 saturated heterocycles. The minimum absolute atomic E-state index is 0.0483. The third kappa shape index (κ3) is 4.21. The number of thioether (sulfide) groups is 1. The van der Waals surface area contributed by atoms with Crippen molar-refractivity contribution in [3.63, 3.8) is 0 Å². The number of rotatable bonds is 6. The van der Waals surface area contributed by atoms with Gasteiger partial charge < -0.3 is 15.2 Å². The lowest BCUT2D eigenvalue weighted by molar-refractivity contribution is -0.126. The number of hydrogen-bond acceptors (Lipinski definition) is 8. The van der Waals surface area contributed by atoms with Gasteiger partial charge in [0.05, 0.1) is 17.6 Å². The number of phenolic OH excluding ortho intramolecular Hbond substituents is 1. The first-order valence-electron chi connectivity index (χ1n) is 10.9. The van der Waals surface area contributed by atoms with Gasteiger partial charge in [0.2, 0.25) is 17.7 Å². The third-order valence-corrected chi connectivity index (χ3v) is 8.51. The molecule has 0 spiro atoms. The van der Waals surface area contributed by atoms with E-state index in [2.05, 4.69) is 10.6 Å². The Labute approximate surface area is 208 Å². The van der Waals surface area contributed by atoms with E-state index in [1.165, 1.54) is 10.6 Å². The molecule has 2 aliphatic rings. The van der Waals surface area contributed by atoms with Crippen molar-refractivity contribution >= 4 is 46.5 Å². The highest BCUT2D eigenvalue weighted by atomic mass is 32.2. The van der Waals surface area contributed by atoms with Gasteiger partial charge in [0.1, 0.15) is 11.8 Å². The molecule has 0 radical (unpaired) electrons. The molecule has 3 amide bonds. The number of hydrogen-bond donors (Lipinski definition) is 3. The fraction of sp³-hybridized carbons (Fsp3) is 0.250. The number of benzene rings is 2. The Morgan fingerprint density at radius 1 is 1.14 bits per heavy atom. The second-order valence-electron chi connectivity index (χ2n) is 8.09. The van der Waals surface area contributed by atoms with E-state index in [4.69, 9.17) is 4.74 Å². The topological polar surface area (TPSA) is 127 Å². The van der Waals surface area contributed by atoms with E-state index in [0.29, 0.717) is 27.8 Å². The Kier molecular flexibility index (Phi) is 6.12. The minimum atomic E-state index is -0.748. The van der Waals surface area contributed by atoms with Crippen molar-refractivity contribution in [3.05, 3.63) is 68.6 Å². The molecule has 0 bridgehead atoms. The Hall–Kier alpha value is -3.57. The van der Waals surface area contributed by atoms with E-state index in [1.807, 2.05) is 6.07 Å². The SMILES string of the molecule is CCOc1cc([C@@H]2c3sc(=O)n(CC(=O)Nc4ccccc4)c3S[C@@H]3C(=O)NC(=O)[C@H]23)ccc1O. The first-order chi connectivity index (χ1) is 16.9. The number of thiazole rings is 1. The van der Waals surface area contributed by atoms with Crippen molar-refractivity contribution in [1.82, 2.24) is 9.88 Å². The van der Waals surface area contributed by atoms with Gasteiger partial charge in [0.15, 0.2) is 11.5 Å². The quantitative estimate of drug-likeness (QED) is 0.434. The standard InChI is InChI=1S/C24H21N3O6S2/c1-2-33-15-10-12(8-9-14(15)28)17-18-19(22(31)26-21(18)30)34-23-20(17)35-24(32)27(23)11-16(29)25-13-6-4-3-5-7-13/h3-10,17-19,28H,2,11H2,1H3,(H,25,29)(H,26,30,31)/t17-,18+,19-/m0/s1. The summed E-state index contributed by atoms with van der Waals surface area (Å²) in [6.07, 6.45) is 0. The number of aromatic hydroxyl groups is 1. The summed E-state index contributed by atoms with van der Waals surface area (Å²) in [6.45, 7) is 1.88. The van der Waals surface area contributed by atoms with Crippen LogP contribution in [0.4, 0.5) is 5.69 Å². The number of fused-ring (bicyclic) bond motifs is 2. The molecule has 180 valence electrons. The lowest BCUT2D eigenvalue weighted by Gasteiger charge is -2.31. The summed E-state index contributed by atoms with van der Waals surface area (Å²) in [4.78, 5) is 51.4. The van der Waals surface area contributed by atoms with Gasteiger partial charge >= 0.3 is 4.87 Å². The number of nitrogens with zero attached hydrogens (tertiary/aromatic N) is 1. The summed E-state index contributed by atoms with van der Waals surface area (Å²) in [5.74, 6) is -2.37. The molecule has 9 nitrogen and oxygen atoms in total. The highest BCUT2D eigenvalue weighted by Gasteiger charge is 2.53. The van der Waals surface area contributed by atoms with Crippen LogP contribution in [0.25, 0.3) is 0 Å². The molecule has 0 unspecified atom stereocenters. The van der Waals surface area contributed by atoms with Crippen LogP contribution < -0.4 is 20.2 Å². The van der Waals surface area contributed by atoms with Crippen LogP contribution in [-0.4, -0.2) is 39.3 Å². The van der Waals surface area contributed by atoms with E-state index in [0.717, 1.165) is 23.1 Å². The second kappa shape index (κ2) is 9.23. The van der Waals surface area contributed by atoms with Gasteiger partial charge in [-0.15, -0.1) is 0 Å². The molecule has 0 saturated carbocycles. The number of carbonyl (C=O) groups is 3. The molecule has 5 rings (SSSR count). The van der Waals surface area contributed by atoms with Crippen LogP contribution in [0.15, 0.2) is 58.4 Å². The van der Waals surface area contributed by atoms with Gasteiger partial charge in [-0.25, -0.2) is 0 Å². The first kappa shape index (κ1) is 23.2. The minimum Gasteiger partial charge on any atom is -0.504 e. The summed E-state index contributed by atoms with van der Waals surface area (Å²) >= 11 is 2.09. The summed E-state index contributed by atoms with van der Waals surface area (Å²) in [6, 6.07) is 13.7. The lowest BCUT2D eigenvalue weighted by atomic mass is 9.83. The molecule has 3 aromatic rings. The molecule has 2 aromatic carbocycles. The normalized spacial score (nSPS) is 20.7. The number of imide groups is 1. The van der Waals surface area contributed by atoms with Gasteiger partial charge in [-0.3, -0.25) is 29.1 Å². The van der Waals surface area contributed by atoms with Crippen LogP contribution >= 0.6 is 23.1 Å². The Morgan fingerprint density at radius 2 is 1.91 bits per heavy atom. The number of nitrogens with one attached hydrogen (secondary N) is 2. The molecule has 1 aromatic heterocycles. The van der Waals surface area contributed by atoms with E-state index in [1.54, 1.807) is 43.3 Å². The predicted molar refractivity (Wildman–Crippen MR) is 131 cm³/mol. The van der Waals surface area contributed by atoms with Crippen LogP contribution in [0.2, 0.25) is 0 Å². The molecular weight excluding hydrogens is 490 g/mol. The number of para-hydroxylation sites is 1. The van der Waals surface area contributed by atoms with Gasteiger partial charge in [0.25, 0.3) is 0 Å². The van der Waals surface area contributed by atoms with Crippen molar-refractivity contribution in [2.24, 2.45) is 5.92 Å². The third-order valence-electron chi connectivity index (χ3n) is 5.89. The monoisotopic (exact) mass is 511 g/mol. The zero-order valence-corrected chi connectivity index (χ0v) is 20.2. The molecular formula is C24H21N3O6S2. The van der Waals surface area contributed by atoms with E-state index >= 15 is 0 Å². The second-order valence-corrected chi connectivity index (χ2v) is 10.2. The Balaban J connectivity index is 1.56. The van der Waals surface area contributed by atoms with E-state index < -0.39 is 28.9 Å². The van der Waals surface area contributed by atoms with Gasteiger partial charge in [-0.1, -0.05) is 47.4 Å². The Bertz CT molecular complexity index is 1380. The molecule has 2 aliphatic heterocycles. The van der Waals surface area contributed by atoms with Crippen LogP contribution in [-0.2, 0) is 20.9 Å². The van der Waals surface area contributed by atoms with E-state index in [9.17, 15) is 24.3 Å². The summed E-state index contributed by atoms with van der Waals surface area (Å²) in [5.41, 5.74) is 1.24. The molecule has 1 fully saturated rings. The summed E-state index contributed by atoms with van der Waals surface area (Å²) in [5, 5.41) is 15.1. The number of carbonyl (C=O) groups excluding carboxylic acids is 3. The van der Waals surface area contributed by atoms with Crippen molar-refractivity contribution in [2.45, 2.75) is 29.7 Å². The average Bonchev–Trinajstić information content (AvgIpc) is 3.29. The number of anilines is 1. The number of ether oxygens (including phenoxy) is 1. The first-order valence-corrected chi connectivity index (χ1v) is 12.6. The summed E-state index contributed by atoms with van der Waals surface area (Å²) < 4.78 is 6.87. The maximum atomic E-state index is 13.0. The van der Waals surface area contributed by atoms with Gasteiger partial charge in [-0.2, -0.15) is 0 Å². The van der Waals surface area contributed by atoms with Gasteiger partial charge in [-0.05, 0) is 36.8 Å². The van der Waals surface area contributed by atoms with Gasteiger partial charge in [0, 0.05) is 16.5 Å². The number of amides is 3. The average molecular weight is 512 g/mol. The smallest absolute Gasteiger partial charge is 0.308 e. The zero-order valence-electron chi connectivity index (χ0n) is 18.5. The van der Waals surface area contributed by atoms with Crippen molar-refractivity contribution in [1.29, 1.82) is 0 Å². The molecule has 0 aliphatic carbocycles. The van der Waals surface area contributed by atoms with Crippen LogP contribution in [0.1, 0.15) is 23.3 Å². The molecule has 35 heavy (non-hydrogen) atoms. The summed E-state index contributed by atoms with van der Waals surface area (Å²) in [7, 11) is 0. The lowest BCUT2D eigenvalue weighted by Crippen LogP contribution is -2.32. The Morgan fingerprint density at radius 3 is 2.66 bits per heavy atom. The van der Waals surface area contributed by atoms with Crippen molar-refractivity contribution < 1.29 is 24.2 Å². The number of aromatic nitrogens is 1. The van der Waals surface area contributed by atoms with Crippen molar-refractivity contribution in [2.75, 3.05) is 11.9 Å². The molecule has 3 heterocycles. The number of phenols is 1. The predicted octanol–water partition coefficient (Wildman–Crippen LogP) is 2.53.